The van der Waals surface area contributed by atoms with Crippen LogP contribution < -0.4 is 15.5 Å². The topological polar surface area (TPSA) is 158 Å². The number of nitriles is 1. The highest BCUT2D eigenvalue weighted by molar-refractivity contribution is 6.23. The number of hydrogen-bond donors (Lipinski definition) is 2. The van der Waals surface area contributed by atoms with E-state index in [2.05, 4.69) is 33.5 Å². The van der Waals surface area contributed by atoms with Crippen LogP contribution in [0, 0.1) is 29.1 Å². The highest BCUT2D eigenvalue weighted by Crippen LogP contribution is 2.33. The molecule has 7 rings (SSSR count). The predicted molar refractivity (Wildman–Crippen MR) is 175 cm³/mol. The summed E-state index contributed by atoms with van der Waals surface area (Å²) in [5.74, 6) is 3.99. The van der Waals surface area contributed by atoms with Gasteiger partial charge in [-0.05, 0) is 56.5 Å². The lowest BCUT2D eigenvalue weighted by Crippen LogP contribution is -2.54. The van der Waals surface area contributed by atoms with Crippen molar-refractivity contribution >= 4 is 51.7 Å². The number of nitrogens with zero attached hydrogens (tertiary/aromatic N) is 5. The molecule has 0 bridgehead atoms. The molecule has 238 valence electrons. The summed E-state index contributed by atoms with van der Waals surface area (Å²) in [6.45, 7) is 4.79. The predicted octanol–water partition coefficient (Wildman–Crippen LogP) is 3.17. The third kappa shape index (κ3) is 5.13. The van der Waals surface area contributed by atoms with Gasteiger partial charge in [0.15, 0.2) is 0 Å². The van der Waals surface area contributed by atoms with Gasteiger partial charge in [-0.25, -0.2) is 4.98 Å². The molecule has 4 heterocycles. The summed E-state index contributed by atoms with van der Waals surface area (Å²) in [5, 5.41) is 16.2. The van der Waals surface area contributed by atoms with Crippen molar-refractivity contribution in [3.63, 3.8) is 0 Å². The first-order chi connectivity index (χ1) is 23.0. The molecule has 48 heavy (non-hydrogen) atoms. The molecule has 2 fully saturated rings. The summed E-state index contributed by atoms with van der Waals surface area (Å²) < 4.78 is 1.71. The fraction of sp³-hybridized carbons (Fsp3) is 0.250. The Hall–Kier alpha value is -6.27. The van der Waals surface area contributed by atoms with E-state index in [1.54, 1.807) is 61.3 Å². The van der Waals surface area contributed by atoms with Crippen molar-refractivity contribution < 1.29 is 24.0 Å². The SMILES string of the molecule is CC(C)(C(=O)Nc1ccc(C#N)c2ccccc12)n1cnc(C#CC2CN(c3ccc4c(c3)C(=O)N(C3CCC(=O)NC3=O)C4=O)C2)c1. The first kappa shape index (κ1) is 30.4. The van der Waals surface area contributed by atoms with Crippen molar-refractivity contribution in [2.45, 2.75) is 38.3 Å². The lowest BCUT2D eigenvalue weighted by atomic mass is 9.98. The number of imide groups is 2. The number of fused-ring (bicyclic) bond motifs is 2. The molecule has 0 radical (unpaired) electrons. The van der Waals surface area contributed by atoms with E-state index in [-0.39, 0.29) is 35.8 Å². The molecule has 1 unspecified atom stereocenters. The number of hydrogen-bond acceptors (Lipinski definition) is 8. The molecule has 0 saturated carbocycles. The average molecular weight is 640 g/mol. The summed E-state index contributed by atoms with van der Waals surface area (Å²) in [5.41, 5.74) is 1.92. The van der Waals surface area contributed by atoms with Crippen LogP contribution in [0.4, 0.5) is 11.4 Å². The van der Waals surface area contributed by atoms with Gasteiger partial charge in [0, 0.05) is 47.9 Å². The lowest BCUT2D eigenvalue weighted by Gasteiger charge is -2.38. The Morgan fingerprint density at radius 2 is 1.75 bits per heavy atom. The van der Waals surface area contributed by atoms with E-state index in [0.29, 0.717) is 30.0 Å². The van der Waals surface area contributed by atoms with Crippen LogP contribution in [0.25, 0.3) is 10.8 Å². The number of carbonyl (C=O) groups is 5. The molecule has 4 aromatic rings. The normalized spacial score (nSPS) is 17.7. The second-order valence-electron chi connectivity index (χ2n) is 12.5. The second-order valence-corrected chi connectivity index (χ2v) is 12.5. The van der Waals surface area contributed by atoms with Crippen molar-refractivity contribution in [2.24, 2.45) is 5.92 Å². The average Bonchev–Trinajstić information content (AvgIpc) is 3.63. The van der Waals surface area contributed by atoms with E-state index in [1.165, 1.54) is 0 Å². The van der Waals surface area contributed by atoms with Gasteiger partial charge in [0.25, 0.3) is 11.8 Å². The molecule has 0 spiro atoms. The van der Waals surface area contributed by atoms with Crippen LogP contribution in [-0.2, 0) is 19.9 Å². The Kier molecular flexibility index (Phi) is 7.29. The summed E-state index contributed by atoms with van der Waals surface area (Å²) >= 11 is 0. The number of amides is 5. The van der Waals surface area contributed by atoms with Gasteiger partial charge in [-0.2, -0.15) is 5.26 Å². The first-order valence-electron chi connectivity index (χ1n) is 15.4. The standard InChI is InChI=1S/C36H29N7O5/c1-36(2,35(48)39-29-12-8-22(16-37)25-5-3-4-6-26(25)29)42-19-23(38-20-42)9-7-21-17-41(18-21)24-10-11-27-28(15-24)34(47)43(33(27)46)30-13-14-31(44)40-32(30)45/h3-6,8,10-12,15,19-21,30H,13-14,17-18H2,1-2H3,(H,39,48)(H,40,44,45). The molecule has 3 aliphatic heterocycles. The van der Waals surface area contributed by atoms with Crippen LogP contribution in [0.5, 0.6) is 0 Å². The summed E-state index contributed by atoms with van der Waals surface area (Å²) in [7, 11) is 0. The number of aromatic nitrogens is 2. The Balaban J connectivity index is 0.988. The number of carbonyl (C=O) groups excluding carboxylic acids is 5. The summed E-state index contributed by atoms with van der Waals surface area (Å²) in [6, 6.07) is 17.1. The van der Waals surface area contributed by atoms with Crippen molar-refractivity contribution in [1.29, 1.82) is 5.26 Å². The van der Waals surface area contributed by atoms with E-state index < -0.39 is 35.2 Å². The van der Waals surface area contributed by atoms with Gasteiger partial charge in [-0.15, -0.1) is 0 Å². The molecule has 3 aromatic carbocycles. The Morgan fingerprint density at radius 3 is 2.50 bits per heavy atom. The van der Waals surface area contributed by atoms with Gasteiger partial charge >= 0.3 is 0 Å². The van der Waals surface area contributed by atoms with Crippen molar-refractivity contribution in [3.05, 3.63) is 89.5 Å². The summed E-state index contributed by atoms with van der Waals surface area (Å²) in [6.07, 6.45) is 3.48. The molecule has 5 amide bonds. The molecular weight excluding hydrogens is 610 g/mol. The number of rotatable bonds is 5. The lowest BCUT2D eigenvalue weighted by molar-refractivity contribution is -0.136. The monoisotopic (exact) mass is 639 g/mol. The van der Waals surface area contributed by atoms with Gasteiger partial charge in [0.2, 0.25) is 17.7 Å². The minimum Gasteiger partial charge on any atom is -0.369 e. The van der Waals surface area contributed by atoms with Crippen molar-refractivity contribution in [2.75, 3.05) is 23.3 Å². The fourth-order valence-corrected chi connectivity index (χ4v) is 6.20. The van der Waals surface area contributed by atoms with E-state index in [0.717, 1.165) is 21.4 Å². The van der Waals surface area contributed by atoms with Gasteiger partial charge in [-0.3, -0.25) is 34.2 Å². The smallest absolute Gasteiger partial charge is 0.262 e. The number of nitrogens with one attached hydrogen (secondary N) is 2. The third-order valence-electron chi connectivity index (χ3n) is 9.15. The molecule has 2 N–H and O–H groups in total. The van der Waals surface area contributed by atoms with Crippen LogP contribution >= 0.6 is 0 Å². The second kappa shape index (κ2) is 11.5. The zero-order valence-electron chi connectivity index (χ0n) is 26.1. The summed E-state index contributed by atoms with van der Waals surface area (Å²) in [4.78, 5) is 70.9. The Morgan fingerprint density at radius 1 is 1.00 bits per heavy atom. The first-order valence-corrected chi connectivity index (χ1v) is 15.4. The zero-order chi connectivity index (χ0) is 33.7. The number of benzene rings is 3. The quantitative estimate of drug-likeness (QED) is 0.249. The fourth-order valence-electron chi connectivity index (χ4n) is 6.20. The molecule has 12 nitrogen and oxygen atoms in total. The Labute approximate surface area is 275 Å². The number of anilines is 2. The van der Waals surface area contributed by atoms with Crippen LogP contribution in [-0.4, -0.2) is 63.1 Å². The number of imidazole rings is 1. The van der Waals surface area contributed by atoms with Crippen molar-refractivity contribution in [1.82, 2.24) is 19.8 Å². The molecular formula is C36H29N7O5. The third-order valence-corrected chi connectivity index (χ3v) is 9.15. The highest BCUT2D eigenvalue weighted by atomic mass is 16.2. The van der Waals surface area contributed by atoms with Gasteiger partial charge in [-0.1, -0.05) is 30.2 Å². The van der Waals surface area contributed by atoms with E-state index in [1.807, 2.05) is 29.2 Å². The van der Waals surface area contributed by atoms with Crippen LogP contribution in [0.1, 0.15) is 58.7 Å². The molecule has 2 saturated heterocycles. The van der Waals surface area contributed by atoms with E-state index >= 15 is 0 Å². The molecule has 1 atom stereocenters. The maximum absolute atomic E-state index is 13.4. The maximum Gasteiger partial charge on any atom is 0.262 e. The maximum atomic E-state index is 13.4. The Bertz CT molecular complexity index is 2180. The molecule has 12 heteroatoms. The zero-order valence-corrected chi connectivity index (χ0v) is 26.1. The number of piperidine rings is 1. The van der Waals surface area contributed by atoms with E-state index in [4.69, 9.17) is 0 Å². The van der Waals surface area contributed by atoms with Gasteiger partial charge < -0.3 is 14.8 Å². The van der Waals surface area contributed by atoms with Gasteiger partial charge in [0.05, 0.1) is 35.0 Å². The van der Waals surface area contributed by atoms with Crippen LogP contribution in [0.3, 0.4) is 0 Å². The largest absolute Gasteiger partial charge is 0.369 e. The molecule has 0 aliphatic carbocycles. The minimum absolute atomic E-state index is 0.0432. The molecule has 3 aliphatic rings. The van der Waals surface area contributed by atoms with E-state index in [9.17, 15) is 29.2 Å². The van der Waals surface area contributed by atoms with Crippen LogP contribution in [0.2, 0.25) is 0 Å². The van der Waals surface area contributed by atoms with Gasteiger partial charge in [0.1, 0.15) is 17.3 Å². The molecule has 1 aromatic heterocycles. The highest BCUT2D eigenvalue weighted by Gasteiger charge is 2.45. The minimum atomic E-state index is -1.01. The van der Waals surface area contributed by atoms with Crippen molar-refractivity contribution in [3.8, 4) is 17.9 Å². The van der Waals surface area contributed by atoms with Crippen LogP contribution in [0.15, 0.2) is 67.1 Å².